The molecular formula is C19H20N4O3. The van der Waals surface area contributed by atoms with Crippen LogP contribution < -0.4 is 20.7 Å². The summed E-state index contributed by atoms with van der Waals surface area (Å²) in [5.74, 6) is 0.0379. The quantitative estimate of drug-likeness (QED) is 0.741. The van der Waals surface area contributed by atoms with Crippen molar-refractivity contribution in [2.45, 2.75) is 19.9 Å². The monoisotopic (exact) mass is 352 g/mol. The summed E-state index contributed by atoms with van der Waals surface area (Å²) in [5.41, 5.74) is 1.99. The van der Waals surface area contributed by atoms with Crippen molar-refractivity contribution in [3.05, 3.63) is 48.0 Å². The van der Waals surface area contributed by atoms with Gasteiger partial charge in [-0.25, -0.2) is 0 Å². The third-order valence-corrected chi connectivity index (χ3v) is 3.59. The number of nitriles is 1. The zero-order valence-electron chi connectivity index (χ0n) is 14.8. The van der Waals surface area contributed by atoms with Crippen LogP contribution in [0.2, 0.25) is 0 Å². The summed E-state index contributed by atoms with van der Waals surface area (Å²) in [6.07, 6.45) is 0. The smallest absolute Gasteiger partial charge is 0.246 e. The van der Waals surface area contributed by atoms with Gasteiger partial charge in [-0.1, -0.05) is 12.1 Å². The van der Waals surface area contributed by atoms with E-state index in [1.165, 1.54) is 14.0 Å². The molecule has 0 aliphatic carbocycles. The molecule has 0 aliphatic rings. The Balaban J connectivity index is 2.15. The van der Waals surface area contributed by atoms with Gasteiger partial charge >= 0.3 is 0 Å². The van der Waals surface area contributed by atoms with E-state index in [9.17, 15) is 9.59 Å². The molecule has 2 aromatic rings. The molecule has 2 aromatic carbocycles. The van der Waals surface area contributed by atoms with Crippen LogP contribution in [0.3, 0.4) is 0 Å². The molecule has 1 unspecified atom stereocenters. The number of carbonyl (C=O) groups excluding carboxylic acids is 2. The lowest BCUT2D eigenvalue weighted by molar-refractivity contribution is -0.116. The molecule has 26 heavy (non-hydrogen) atoms. The van der Waals surface area contributed by atoms with E-state index in [0.29, 0.717) is 28.4 Å². The molecule has 2 rings (SSSR count). The first-order chi connectivity index (χ1) is 12.4. The van der Waals surface area contributed by atoms with Gasteiger partial charge in [0.2, 0.25) is 11.8 Å². The average Bonchev–Trinajstić information content (AvgIpc) is 2.61. The first-order valence-electron chi connectivity index (χ1n) is 7.96. The third-order valence-electron chi connectivity index (χ3n) is 3.59. The predicted octanol–water partition coefficient (Wildman–Crippen LogP) is 2.96. The molecular weight excluding hydrogens is 332 g/mol. The van der Waals surface area contributed by atoms with Crippen LogP contribution in [-0.2, 0) is 9.59 Å². The zero-order chi connectivity index (χ0) is 19.1. The number of hydrogen-bond acceptors (Lipinski definition) is 5. The van der Waals surface area contributed by atoms with Gasteiger partial charge < -0.3 is 20.7 Å². The van der Waals surface area contributed by atoms with Crippen molar-refractivity contribution in [3.8, 4) is 11.8 Å². The summed E-state index contributed by atoms with van der Waals surface area (Å²) < 4.78 is 5.29. The summed E-state index contributed by atoms with van der Waals surface area (Å²) in [5, 5.41) is 17.6. The van der Waals surface area contributed by atoms with Crippen LogP contribution in [0.5, 0.6) is 5.75 Å². The number of nitrogens with zero attached hydrogens (tertiary/aromatic N) is 1. The van der Waals surface area contributed by atoms with Crippen LogP contribution in [-0.4, -0.2) is 25.0 Å². The van der Waals surface area contributed by atoms with Gasteiger partial charge in [0.15, 0.2) is 0 Å². The van der Waals surface area contributed by atoms with Crippen LogP contribution in [0.4, 0.5) is 17.1 Å². The fraction of sp³-hybridized carbons (Fsp3) is 0.211. The fourth-order valence-corrected chi connectivity index (χ4v) is 2.33. The number of benzene rings is 2. The SMILES string of the molecule is COc1ccc(NC(C)=O)cc1NC(C)C(=O)Nc1ccccc1C#N. The first kappa shape index (κ1) is 18.8. The van der Waals surface area contributed by atoms with E-state index in [0.717, 1.165) is 0 Å². The van der Waals surface area contributed by atoms with Crippen molar-refractivity contribution >= 4 is 28.9 Å². The first-order valence-corrected chi connectivity index (χ1v) is 7.96. The van der Waals surface area contributed by atoms with Crippen molar-refractivity contribution in [3.63, 3.8) is 0 Å². The normalized spacial score (nSPS) is 11.0. The maximum absolute atomic E-state index is 12.5. The maximum atomic E-state index is 12.5. The minimum atomic E-state index is -0.608. The molecule has 0 aromatic heterocycles. The van der Waals surface area contributed by atoms with Gasteiger partial charge in [0.1, 0.15) is 17.9 Å². The second kappa shape index (κ2) is 8.53. The molecule has 0 fully saturated rings. The van der Waals surface area contributed by atoms with E-state index >= 15 is 0 Å². The highest BCUT2D eigenvalue weighted by molar-refractivity contribution is 5.97. The van der Waals surface area contributed by atoms with Crippen LogP contribution in [0.25, 0.3) is 0 Å². The highest BCUT2D eigenvalue weighted by Crippen LogP contribution is 2.28. The maximum Gasteiger partial charge on any atom is 0.246 e. The number of carbonyl (C=O) groups is 2. The number of hydrogen-bond donors (Lipinski definition) is 3. The van der Waals surface area contributed by atoms with E-state index in [1.807, 2.05) is 6.07 Å². The number of rotatable bonds is 6. The number of para-hydroxylation sites is 1. The Morgan fingerprint density at radius 3 is 2.50 bits per heavy atom. The molecule has 7 heteroatoms. The van der Waals surface area contributed by atoms with Gasteiger partial charge in [0, 0.05) is 12.6 Å². The molecule has 134 valence electrons. The summed E-state index contributed by atoms with van der Waals surface area (Å²) >= 11 is 0. The lowest BCUT2D eigenvalue weighted by Crippen LogP contribution is -2.32. The van der Waals surface area contributed by atoms with Gasteiger partial charge in [0.25, 0.3) is 0 Å². The molecule has 0 radical (unpaired) electrons. The van der Waals surface area contributed by atoms with Crippen molar-refractivity contribution in [1.29, 1.82) is 5.26 Å². The van der Waals surface area contributed by atoms with Crippen molar-refractivity contribution < 1.29 is 14.3 Å². The van der Waals surface area contributed by atoms with Crippen molar-refractivity contribution in [1.82, 2.24) is 0 Å². The minimum absolute atomic E-state index is 0.194. The average molecular weight is 352 g/mol. The molecule has 0 saturated heterocycles. The summed E-state index contributed by atoms with van der Waals surface area (Å²) in [6.45, 7) is 3.11. The molecule has 1 atom stereocenters. The largest absolute Gasteiger partial charge is 0.495 e. The van der Waals surface area contributed by atoms with E-state index in [2.05, 4.69) is 16.0 Å². The van der Waals surface area contributed by atoms with Crippen molar-refractivity contribution in [2.24, 2.45) is 0 Å². The van der Waals surface area contributed by atoms with Gasteiger partial charge in [0.05, 0.1) is 24.0 Å². The molecule has 2 amide bonds. The van der Waals surface area contributed by atoms with E-state index in [-0.39, 0.29) is 11.8 Å². The highest BCUT2D eigenvalue weighted by Gasteiger charge is 2.16. The summed E-state index contributed by atoms with van der Waals surface area (Å²) in [6, 6.07) is 13.3. The Labute approximate surface area is 152 Å². The second-order valence-electron chi connectivity index (χ2n) is 5.61. The summed E-state index contributed by atoms with van der Waals surface area (Å²) in [4.78, 5) is 23.7. The standard InChI is InChI=1S/C19H20N4O3/c1-12(19(25)23-16-7-5-4-6-14(16)11-20)21-17-10-15(22-13(2)24)8-9-18(17)26-3/h4-10,12,21H,1-3H3,(H,22,24)(H,23,25). The lowest BCUT2D eigenvalue weighted by Gasteiger charge is -2.18. The van der Waals surface area contributed by atoms with Crippen LogP contribution >= 0.6 is 0 Å². The molecule has 0 saturated carbocycles. The Morgan fingerprint density at radius 1 is 1.12 bits per heavy atom. The van der Waals surface area contributed by atoms with Crippen LogP contribution in [0.1, 0.15) is 19.4 Å². The number of anilines is 3. The fourth-order valence-electron chi connectivity index (χ4n) is 2.33. The van der Waals surface area contributed by atoms with Crippen LogP contribution in [0, 0.1) is 11.3 Å². The highest BCUT2D eigenvalue weighted by atomic mass is 16.5. The minimum Gasteiger partial charge on any atom is -0.495 e. The summed E-state index contributed by atoms with van der Waals surface area (Å²) in [7, 11) is 1.52. The molecule has 0 heterocycles. The van der Waals surface area contributed by atoms with Gasteiger partial charge in [-0.2, -0.15) is 5.26 Å². The van der Waals surface area contributed by atoms with Crippen LogP contribution in [0.15, 0.2) is 42.5 Å². The van der Waals surface area contributed by atoms with Gasteiger partial charge in [-0.05, 0) is 37.3 Å². The molecule has 0 spiro atoms. The van der Waals surface area contributed by atoms with Crippen molar-refractivity contribution in [2.75, 3.05) is 23.1 Å². The second-order valence-corrected chi connectivity index (χ2v) is 5.61. The Morgan fingerprint density at radius 2 is 1.85 bits per heavy atom. The lowest BCUT2D eigenvalue weighted by atomic mass is 10.2. The number of nitrogens with one attached hydrogen (secondary N) is 3. The number of methoxy groups -OCH3 is 1. The topological polar surface area (TPSA) is 103 Å². The molecule has 7 nitrogen and oxygen atoms in total. The molecule has 0 aliphatic heterocycles. The van der Waals surface area contributed by atoms with Gasteiger partial charge in [-0.15, -0.1) is 0 Å². The predicted molar refractivity (Wildman–Crippen MR) is 100 cm³/mol. The zero-order valence-corrected chi connectivity index (χ0v) is 14.8. The Hall–Kier alpha value is -3.53. The van der Waals surface area contributed by atoms with E-state index < -0.39 is 6.04 Å². The number of amides is 2. The Kier molecular flexibility index (Phi) is 6.17. The third kappa shape index (κ3) is 4.74. The van der Waals surface area contributed by atoms with E-state index in [1.54, 1.807) is 49.4 Å². The molecule has 3 N–H and O–H groups in total. The van der Waals surface area contributed by atoms with Gasteiger partial charge in [-0.3, -0.25) is 9.59 Å². The van der Waals surface area contributed by atoms with E-state index in [4.69, 9.17) is 10.00 Å². The number of ether oxygens (including phenoxy) is 1. The molecule has 0 bridgehead atoms. The Bertz CT molecular complexity index is 858.